The Labute approximate surface area is 98.2 Å². The van der Waals surface area contributed by atoms with Gasteiger partial charge in [-0.3, -0.25) is 9.79 Å². The molecular weight excluding hydrogens is 220 g/mol. The van der Waals surface area contributed by atoms with Crippen LogP contribution < -0.4 is 5.32 Å². The van der Waals surface area contributed by atoms with E-state index in [2.05, 4.69) is 10.3 Å². The number of benzene rings is 1. The third-order valence-corrected chi connectivity index (χ3v) is 2.68. The molecule has 1 aliphatic rings. The summed E-state index contributed by atoms with van der Waals surface area (Å²) in [5.74, 6) is -1.25. The summed E-state index contributed by atoms with van der Waals surface area (Å²) in [5, 5.41) is 11.6. The summed E-state index contributed by atoms with van der Waals surface area (Å²) in [5.41, 5.74) is 2.13. The molecule has 5 nitrogen and oxygen atoms in total. The molecule has 1 heterocycles. The molecule has 0 saturated heterocycles. The van der Waals surface area contributed by atoms with Crippen molar-refractivity contribution < 1.29 is 14.7 Å². The van der Waals surface area contributed by atoms with Crippen molar-refractivity contribution in [1.82, 2.24) is 0 Å². The first-order valence-electron chi connectivity index (χ1n) is 5.22. The van der Waals surface area contributed by atoms with Gasteiger partial charge in [-0.2, -0.15) is 0 Å². The van der Waals surface area contributed by atoms with Crippen LogP contribution in [-0.2, 0) is 4.79 Å². The second-order valence-electron chi connectivity index (χ2n) is 3.95. The summed E-state index contributed by atoms with van der Waals surface area (Å²) in [6, 6.07) is 4.15. The lowest BCUT2D eigenvalue weighted by Gasteiger charge is -2.08. The fourth-order valence-electron chi connectivity index (χ4n) is 1.75. The first kappa shape index (κ1) is 11.3. The summed E-state index contributed by atoms with van der Waals surface area (Å²) in [7, 11) is 0. The number of carbonyl (C=O) groups excluding carboxylic acids is 1. The van der Waals surface area contributed by atoms with Gasteiger partial charge in [0.05, 0.1) is 11.3 Å². The van der Waals surface area contributed by atoms with Crippen molar-refractivity contribution in [2.75, 3.05) is 5.32 Å². The van der Waals surface area contributed by atoms with Crippen LogP contribution in [-0.4, -0.2) is 28.7 Å². The Hall–Kier alpha value is -2.17. The standard InChI is InChI=1S/C12H12N2O3/c1-6-9-4-3-8(12(16)17)5-10(9)14-11(15)7(2)13-6/h3-5,7H,1-2H3,(H,14,15)(H,16,17)/t7-/m0/s1. The maximum Gasteiger partial charge on any atom is 0.335 e. The van der Waals surface area contributed by atoms with Gasteiger partial charge in [0.15, 0.2) is 0 Å². The molecular formula is C12H12N2O3. The third-order valence-electron chi connectivity index (χ3n) is 2.68. The average molecular weight is 232 g/mol. The number of carboxylic acids is 1. The first-order valence-corrected chi connectivity index (χ1v) is 5.22. The number of benzodiazepines with no additional fused rings is 1. The lowest BCUT2D eigenvalue weighted by molar-refractivity contribution is -0.116. The monoisotopic (exact) mass is 232 g/mol. The topological polar surface area (TPSA) is 78.8 Å². The van der Waals surface area contributed by atoms with Gasteiger partial charge >= 0.3 is 5.97 Å². The van der Waals surface area contributed by atoms with E-state index in [9.17, 15) is 9.59 Å². The molecule has 0 unspecified atom stereocenters. The molecule has 1 amide bonds. The van der Waals surface area contributed by atoms with Gasteiger partial charge < -0.3 is 10.4 Å². The Kier molecular flexibility index (Phi) is 2.67. The van der Waals surface area contributed by atoms with Gasteiger partial charge in [0.25, 0.3) is 0 Å². The summed E-state index contributed by atoms with van der Waals surface area (Å²) in [6.07, 6.45) is 0. The number of hydrogen-bond acceptors (Lipinski definition) is 3. The molecule has 0 spiro atoms. The zero-order chi connectivity index (χ0) is 12.6. The highest BCUT2D eigenvalue weighted by Crippen LogP contribution is 2.22. The van der Waals surface area contributed by atoms with Gasteiger partial charge in [-0.15, -0.1) is 0 Å². The summed E-state index contributed by atoms with van der Waals surface area (Å²) >= 11 is 0. The largest absolute Gasteiger partial charge is 0.478 e. The van der Waals surface area contributed by atoms with Crippen LogP contribution in [0, 0.1) is 0 Å². The minimum Gasteiger partial charge on any atom is -0.478 e. The molecule has 0 bridgehead atoms. The van der Waals surface area contributed by atoms with Crippen molar-refractivity contribution in [2.45, 2.75) is 19.9 Å². The van der Waals surface area contributed by atoms with E-state index in [1.165, 1.54) is 12.1 Å². The average Bonchev–Trinajstić information content (AvgIpc) is 2.37. The second kappa shape index (κ2) is 4.01. The van der Waals surface area contributed by atoms with Gasteiger partial charge in [-0.25, -0.2) is 4.79 Å². The van der Waals surface area contributed by atoms with E-state index >= 15 is 0 Å². The molecule has 0 aliphatic carbocycles. The predicted octanol–water partition coefficient (Wildman–Crippen LogP) is 1.53. The van der Waals surface area contributed by atoms with Crippen LogP contribution in [0.1, 0.15) is 29.8 Å². The van der Waals surface area contributed by atoms with Gasteiger partial charge in [0.1, 0.15) is 6.04 Å². The molecule has 2 N–H and O–H groups in total. The summed E-state index contributed by atoms with van der Waals surface area (Å²) in [6.45, 7) is 3.50. The van der Waals surface area contributed by atoms with Gasteiger partial charge in [0.2, 0.25) is 5.91 Å². The number of amides is 1. The minimum absolute atomic E-state index is 0.145. The van der Waals surface area contributed by atoms with Crippen molar-refractivity contribution in [3.63, 3.8) is 0 Å². The van der Waals surface area contributed by atoms with Gasteiger partial charge in [-0.1, -0.05) is 6.07 Å². The predicted molar refractivity (Wildman–Crippen MR) is 63.7 cm³/mol. The number of nitrogens with one attached hydrogen (secondary N) is 1. The van der Waals surface area contributed by atoms with Crippen molar-refractivity contribution in [3.8, 4) is 0 Å². The molecule has 17 heavy (non-hydrogen) atoms. The molecule has 0 radical (unpaired) electrons. The van der Waals surface area contributed by atoms with E-state index in [4.69, 9.17) is 5.11 Å². The highest BCUT2D eigenvalue weighted by Gasteiger charge is 2.20. The SMILES string of the molecule is CC1=N[C@@H](C)C(=O)Nc2cc(C(=O)O)ccc21. The molecule has 0 saturated carbocycles. The van der Waals surface area contributed by atoms with Crippen molar-refractivity contribution in [2.24, 2.45) is 4.99 Å². The summed E-state index contributed by atoms with van der Waals surface area (Å²) < 4.78 is 0. The molecule has 1 aliphatic heterocycles. The molecule has 1 atom stereocenters. The van der Waals surface area contributed by atoms with Gasteiger partial charge in [0, 0.05) is 11.3 Å². The van der Waals surface area contributed by atoms with E-state index in [1.54, 1.807) is 19.9 Å². The normalized spacial score (nSPS) is 18.8. The molecule has 2 rings (SSSR count). The third kappa shape index (κ3) is 2.04. The zero-order valence-electron chi connectivity index (χ0n) is 9.52. The number of carboxylic acid groups (broad SMARTS) is 1. The number of rotatable bonds is 1. The zero-order valence-corrected chi connectivity index (χ0v) is 9.52. The Morgan fingerprint density at radius 2 is 2.18 bits per heavy atom. The maximum atomic E-state index is 11.6. The quantitative estimate of drug-likeness (QED) is 0.770. The minimum atomic E-state index is -1.02. The number of aromatic carboxylic acids is 1. The maximum absolute atomic E-state index is 11.6. The highest BCUT2D eigenvalue weighted by molar-refractivity contribution is 6.11. The Bertz CT molecular complexity index is 535. The van der Waals surface area contributed by atoms with Crippen molar-refractivity contribution >= 4 is 23.3 Å². The highest BCUT2D eigenvalue weighted by atomic mass is 16.4. The Balaban J connectivity index is 2.55. The van der Waals surface area contributed by atoms with E-state index in [-0.39, 0.29) is 11.5 Å². The molecule has 1 aromatic carbocycles. The lowest BCUT2D eigenvalue weighted by Crippen LogP contribution is -2.22. The van der Waals surface area contributed by atoms with E-state index in [0.717, 1.165) is 11.3 Å². The Morgan fingerprint density at radius 3 is 2.82 bits per heavy atom. The molecule has 88 valence electrons. The van der Waals surface area contributed by atoms with E-state index in [1.807, 2.05) is 0 Å². The Morgan fingerprint density at radius 1 is 1.47 bits per heavy atom. The number of fused-ring (bicyclic) bond motifs is 1. The van der Waals surface area contributed by atoms with Crippen LogP contribution in [0.25, 0.3) is 0 Å². The fraction of sp³-hybridized carbons (Fsp3) is 0.250. The van der Waals surface area contributed by atoms with Crippen LogP contribution in [0.2, 0.25) is 0 Å². The number of nitrogens with zero attached hydrogens (tertiary/aromatic N) is 1. The van der Waals surface area contributed by atoms with Crippen LogP contribution in [0.15, 0.2) is 23.2 Å². The smallest absolute Gasteiger partial charge is 0.335 e. The molecule has 0 fully saturated rings. The number of aliphatic imine (C=N–C) groups is 1. The number of carbonyl (C=O) groups is 2. The molecule has 1 aromatic rings. The van der Waals surface area contributed by atoms with Crippen LogP contribution >= 0.6 is 0 Å². The van der Waals surface area contributed by atoms with Crippen LogP contribution in [0.5, 0.6) is 0 Å². The van der Waals surface area contributed by atoms with Gasteiger partial charge in [-0.05, 0) is 26.0 Å². The fourth-order valence-corrected chi connectivity index (χ4v) is 1.75. The van der Waals surface area contributed by atoms with Crippen LogP contribution in [0.3, 0.4) is 0 Å². The molecule has 5 heteroatoms. The summed E-state index contributed by atoms with van der Waals surface area (Å²) in [4.78, 5) is 26.7. The van der Waals surface area contributed by atoms with Crippen molar-refractivity contribution in [3.05, 3.63) is 29.3 Å². The van der Waals surface area contributed by atoms with E-state index < -0.39 is 12.0 Å². The first-order chi connectivity index (χ1) is 7.99. The number of anilines is 1. The number of hydrogen-bond donors (Lipinski definition) is 2. The van der Waals surface area contributed by atoms with Crippen LogP contribution in [0.4, 0.5) is 5.69 Å². The second-order valence-corrected chi connectivity index (χ2v) is 3.95. The molecule has 0 aromatic heterocycles. The lowest BCUT2D eigenvalue weighted by atomic mass is 10.1. The van der Waals surface area contributed by atoms with E-state index in [0.29, 0.717) is 5.69 Å². The van der Waals surface area contributed by atoms with Crippen molar-refractivity contribution in [1.29, 1.82) is 0 Å².